The third kappa shape index (κ3) is 3.59. The number of allylic oxidation sites excluding steroid dienone is 1. The molecule has 17 heavy (non-hydrogen) atoms. The van der Waals surface area contributed by atoms with Crippen molar-refractivity contribution in [2.45, 2.75) is 39.5 Å². The summed E-state index contributed by atoms with van der Waals surface area (Å²) >= 11 is 9.70. The fourth-order valence-corrected chi connectivity index (χ4v) is 2.79. The van der Waals surface area contributed by atoms with Crippen LogP contribution < -0.4 is 0 Å². The second kappa shape index (κ2) is 5.16. The van der Waals surface area contributed by atoms with Crippen molar-refractivity contribution in [3.8, 4) is 0 Å². The van der Waals surface area contributed by atoms with Gasteiger partial charge in [0.1, 0.15) is 0 Å². The van der Waals surface area contributed by atoms with E-state index in [0.29, 0.717) is 5.41 Å². The quantitative estimate of drug-likeness (QED) is 0.589. The van der Waals surface area contributed by atoms with Gasteiger partial charge in [0.05, 0.1) is 0 Å². The molecule has 1 aliphatic rings. The summed E-state index contributed by atoms with van der Waals surface area (Å²) in [6.07, 6.45) is 7.24. The molecular formula is C15H18BrCl. The van der Waals surface area contributed by atoms with Gasteiger partial charge < -0.3 is 0 Å². The Kier molecular flexibility index (Phi) is 3.99. The summed E-state index contributed by atoms with van der Waals surface area (Å²) in [5.74, 6) is 0. The van der Waals surface area contributed by atoms with E-state index in [1.54, 1.807) is 0 Å². The molecule has 0 bridgehead atoms. The highest BCUT2D eigenvalue weighted by Crippen LogP contribution is 2.38. The molecule has 92 valence electrons. The molecular weight excluding hydrogens is 296 g/mol. The Morgan fingerprint density at radius 2 is 1.88 bits per heavy atom. The Hall–Kier alpha value is -0.270. The average Bonchev–Trinajstić information content (AvgIpc) is 2.26. The van der Waals surface area contributed by atoms with Crippen molar-refractivity contribution in [3.05, 3.63) is 38.8 Å². The Bertz CT molecular complexity index is 434. The van der Waals surface area contributed by atoms with E-state index in [1.807, 2.05) is 12.1 Å². The Morgan fingerprint density at radius 3 is 2.53 bits per heavy atom. The molecule has 0 atom stereocenters. The molecule has 0 nitrogen and oxygen atoms in total. The van der Waals surface area contributed by atoms with Gasteiger partial charge in [-0.1, -0.05) is 53.0 Å². The number of hydrogen-bond donors (Lipinski definition) is 0. The SMILES string of the molecule is CC1(C)CCC(=Cc2cc(Br)ccc2Cl)CC1. The largest absolute Gasteiger partial charge is 0.0837 e. The Balaban J connectivity index is 2.17. The maximum atomic E-state index is 6.21. The molecule has 1 saturated carbocycles. The molecule has 0 spiro atoms. The molecule has 0 unspecified atom stereocenters. The van der Waals surface area contributed by atoms with E-state index in [-0.39, 0.29) is 0 Å². The maximum absolute atomic E-state index is 6.21. The van der Waals surface area contributed by atoms with Crippen molar-refractivity contribution in [1.82, 2.24) is 0 Å². The van der Waals surface area contributed by atoms with Crippen LogP contribution in [-0.2, 0) is 0 Å². The Labute approximate surface area is 117 Å². The van der Waals surface area contributed by atoms with Crippen molar-refractivity contribution in [2.24, 2.45) is 5.41 Å². The molecule has 1 aromatic carbocycles. The van der Waals surface area contributed by atoms with E-state index in [0.717, 1.165) is 15.1 Å². The lowest BCUT2D eigenvalue weighted by molar-refractivity contribution is 0.279. The monoisotopic (exact) mass is 312 g/mol. The molecule has 1 aliphatic carbocycles. The predicted molar refractivity (Wildman–Crippen MR) is 79.4 cm³/mol. The molecule has 0 radical (unpaired) electrons. The van der Waals surface area contributed by atoms with Gasteiger partial charge in [0, 0.05) is 9.50 Å². The van der Waals surface area contributed by atoms with Crippen LogP contribution in [-0.4, -0.2) is 0 Å². The van der Waals surface area contributed by atoms with Gasteiger partial charge in [-0.15, -0.1) is 0 Å². The van der Waals surface area contributed by atoms with Gasteiger partial charge in [-0.2, -0.15) is 0 Å². The van der Waals surface area contributed by atoms with Gasteiger partial charge in [-0.25, -0.2) is 0 Å². The molecule has 2 heteroatoms. The van der Waals surface area contributed by atoms with Crippen LogP contribution in [0.15, 0.2) is 28.2 Å². The fourth-order valence-electron chi connectivity index (χ4n) is 2.24. The minimum Gasteiger partial charge on any atom is -0.0837 e. The summed E-state index contributed by atoms with van der Waals surface area (Å²) in [5.41, 5.74) is 3.18. The normalized spacial score (nSPS) is 19.2. The Morgan fingerprint density at radius 1 is 1.24 bits per heavy atom. The number of halogens is 2. The van der Waals surface area contributed by atoms with Crippen LogP contribution in [0.5, 0.6) is 0 Å². The standard InChI is InChI=1S/C15H18BrCl/c1-15(2)7-5-11(6-8-15)9-12-10-13(16)3-4-14(12)17/h3-4,9-10H,5-8H2,1-2H3. The first-order valence-electron chi connectivity index (χ1n) is 6.11. The zero-order chi connectivity index (χ0) is 12.5. The summed E-state index contributed by atoms with van der Waals surface area (Å²) in [6.45, 7) is 4.71. The zero-order valence-electron chi connectivity index (χ0n) is 10.4. The summed E-state index contributed by atoms with van der Waals surface area (Å²) < 4.78 is 1.09. The van der Waals surface area contributed by atoms with Gasteiger partial charge in [0.25, 0.3) is 0 Å². The minimum absolute atomic E-state index is 0.512. The van der Waals surface area contributed by atoms with Gasteiger partial charge in [0.2, 0.25) is 0 Å². The van der Waals surface area contributed by atoms with Crippen LogP contribution in [0, 0.1) is 5.41 Å². The van der Waals surface area contributed by atoms with E-state index in [9.17, 15) is 0 Å². The van der Waals surface area contributed by atoms with E-state index in [1.165, 1.54) is 31.3 Å². The zero-order valence-corrected chi connectivity index (χ0v) is 12.7. The summed E-state index contributed by atoms with van der Waals surface area (Å²) in [5, 5.41) is 0.838. The smallest absolute Gasteiger partial charge is 0.0479 e. The van der Waals surface area contributed by atoms with Crippen molar-refractivity contribution in [1.29, 1.82) is 0 Å². The highest BCUT2D eigenvalue weighted by atomic mass is 79.9. The van der Waals surface area contributed by atoms with Gasteiger partial charge in [-0.05, 0) is 54.9 Å². The minimum atomic E-state index is 0.512. The number of hydrogen-bond acceptors (Lipinski definition) is 0. The first-order valence-corrected chi connectivity index (χ1v) is 7.28. The number of benzene rings is 1. The van der Waals surface area contributed by atoms with E-state index in [2.05, 4.69) is 41.9 Å². The van der Waals surface area contributed by atoms with Crippen LogP contribution in [0.25, 0.3) is 6.08 Å². The third-order valence-electron chi connectivity index (χ3n) is 3.56. The number of rotatable bonds is 1. The molecule has 0 amide bonds. The molecule has 0 heterocycles. The molecule has 0 N–H and O–H groups in total. The van der Waals surface area contributed by atoms with Crippen LogP contribution in [0.2, 0.25) is 5.02 Å². The summed E-state index contributed by atoms with van der Waals surface area (Å²) in [6, 6.07) is 6.02. The van der Waals surface area contributed by atoms with Crippen molar-refractivity contribution in [3.63, 3.8) is 0 Å². The summed E-state index contributed by atoms with van der Waals surface area (Å²) in [4.78, 5) is 0. The van der Waals surface area contributed by atoms with E-state index in [4.69, 9.17) is 11.6 Å². The van der Waals surface area contributed by atoms with Gasteiger partial charge in [0.15, 0.2) is 0 Å². The molecule has 1 aromatic rings. The van der Waals surface area contributed by atoms with Crippen molar-refractivity contribution < 1.29 is 0 Å². The highest BCUT2D eigenvalue weighted by molar-refractivity contribution is 9.10. The molecule has 0 saturated heterocycles. The van der Waals surface area contributed by atoms with E-state index >= 15 is 0 Å². The molecule has 0 aliphatic heterocycles. The van der Waals surface area contributed by atoms with Gasteiger partial charge >= 0.3 is 0 Å². The van der Waals surface area contributed by atoms with Crippen LogP contribution in [0.1, 0.15) is 45.1 Å². The highest BCUT2D eigenvalue weighted by Gasteiger charge is 2.23. The lowest BCUT2D eigenvalue weighted by Gasteiger charge is -2.30. The summed E-state index contributed by atoms with van der Waals surface area (Å²) in [7, 11) is 0. The third-order valence-corrected chi connectivity index (χ3v) is 4.40. The van der Waals surface area contributed by atoms with Gasteiger partial charge in [-0.3, -0.25) is 0 Å². The molecule has 2 rings (SSSR count). The van der Waals surface area contributed by atoms with Crippen molar-refractivity contribution >= 4 is 33.6 Å². The topological polar surface area (TPSA) is 0 Å². The van der Waals surface area contributed by atoms with Crippen LogP contribution in [0.3, 0.4) is 0 Å². The second-order valence-corrected chi connectivity index (χ2v) is 6.96. The maximum Gasteiger partial charge on any atom is 0.0479 e. The van der Waals surface area contributed by atoms with Crippen molar-refractivity contribution in [2.75, 3.05) is 0 Å². The second-order valence-electron chi connectivity index (χ2n) is 5.63. The lowest BCUT2D eigenvalue weighted by atomic mass is 9.75. The lowest BCUT2D eigenvalue weighted by Crippen LogP contribution is -2.16. The first-order chi connectivity index (χ1) is 7.96. The van der Waals surface area contributed by atoms with Crippen LogP contribution in [0.4, 0.5) is 0 Å². The first kappa shape index (κ1) is 13.2. The fraction of sp³-hybridized carbons (Fsp3) is 0.467. The molecule has 1 fully saturated rings. The average molecular weight is 314 g/mol. The van der Waals surface area contributed by atoms with Crippen LogP contribution >= 0.6 is 27.5 Å². The molecule has 0 aromatic heterocycles. The predicted octanol–water partition coefficient (Wildman–Crippen LogP) is 6.09. The van der Waals surface area contributed by atoms with E-state index < -0.39 is 0 Å².